The van der Waals surface area contributed by atoms with Crippen molar-refractivity contribution in [1.29, 1.82) is 0 Å². The zero-order chi connectivity index (χ0) is 28.3. The first kappa shape index (κ1) is 27.1. The minimum atomic E-state index is -0.223. The predicted octanol–water partition coefficient (Wildman–Crippen LogP) is 6.36. The van der Waals surface area contributed by atoms with Crippen LogP contribution >= 0.6 is 11.3 Å². The molecule has 2 aromatic carbocycles. The van der Waals surface area contributed by atoms with Gasteiger partial charge in [-0.15, -0.1) is 11.3 Å². The number of hydrogen-bond acceptors (Lipinski definition) is 6. The van der Waals surface area contributed by atoms with Gasteiger partial charge >= 0.3 is 0 Å². The molecule has 0 unspecified atom stereocenters. The van der Waals surface area contributed by atoms with Crippen LogP contribution in [0.3, 0.4) is 0 Å². The average Bonchev–Trinajstić information content (AvgIpc) is 3.56. The molecule has 0 atom stereocenters. The Balaban J connectivity index is 1.20. The number of aromatic nitrogens is 3. The van der Waals surface area contributed by atoms with Crippen LogP contribution in [0.15, 0.2) is 73.2 Å². The van der Waals surface area contributed by atoms with Gasteiger partial charge in [0.15, 0.2) is 0 Å². The van der Waals surface area contributed by atoms with Crippen LogP contribution in [-0.4, -0.2) is 56.4 Å². The lowest BCUT2D eigenvalue weighted by Crippen LogP contribution is -2.34. The van der Waals surface area contributed by atoms with Gasteiger partial charge in [0, 0.05) is 53.4 Å². The first-order valence-corrected chi connectivity index (χ1v) is 14.9. The molecule has 6 rings (SSSR count). The Labute approximate surface area is 242 Å². The number of carbonyl (C=O) groups is 1. The number of carbonyl (C=O) groups excluding carboxylic acids is 1. The van der Waals surface area contributed by atoms with Gasteiger partial charge < -0.3 is 19.7 Å². The van der Waals surface area contributed by atoms with Crippen LogP contribution in [0.1, 0.15) is 29.9 Å². The van der Waals surface area contributed by atoms with Crippen molar-refractivity contribution in [2.45, 2.75) is 33.4 Å². The SMILES string of the molecule is CCN(CC)C/C=C/C(=O)N1CCc2c(sc3ncnc(Nc4ccc5c(ccn5Cc5cccc(F)c5)c4)c23)C1. The van der Waals surface area contributed by atoms with Gasteiger partial charge in [-0.25, -0.2) is 14.4 Å². The summed E-state index contributed by atoms with van der Waals surface area (Å²) in [4.78, 5) is 28.3. The number of nitrogens with one attached hydrogen (secondary N) is 1. The molecule has 0 bridgehead atoms. The van der Waals surface area contributed by atoms with Crippen molar-refractivity contribution in [1.82, 2.24) is 24.3 Å². The Morgan fingerprint density at radius 1 is 1.15 bits per heavy atom. The Hall–Kier alpha value is -4.08. The minimum Gasteiger partial charge on any atom is -0.343 e. The summed E-state index contributed by atoms with van der Waals surface area (Å²) in [7, 11) is 0. The molecule has 5 aromatic rings. The van der Waals surface area contributed by atoms with Crippen molar-refractivity contribution in [3.05, 3.63) is 95.0 Å². The lowest BCUT2D eigenvalue weighted by molar-refractivity contribution is -0.126. The predicted molar refractivity (Wildman–Crippen MR) is 164 cm³/mol. The van der Waals surface area contributed by atoms with Crippen molar-refractivity contribution >= 4 is 49.9 Å². The Bertz CT molecular complexity index is 1740. The summed E-state index contributed by atoms with van der Waals surface area (Å²) in [6, 6.07) is 15.0. The molecular formula is C32H33FN6OS. The number of fused-ring (bicyclic) bond motifs is 4. The van der Waals surface area contributed by atoms with Crippen LogP contribution in [0.5, 0.6) is 0 Å². The molecule has 0 radical (unpaired) electrons. The van der Waals surface area contributed by atoms with E-state index < -0.39 is 0 Å². The Morgan fingerprint density at radius 2 is 2.02 bits per heavy atom. The summed E-state index contributed by atoms with van der Waals surface area (Å²) in [5.41, 5.74) is 4.17. The quantitative estimate of drug-likeness (QED) is 0.210. The number of halogens is 1. The van der Waals surface area contributed by atoms with Gasteiger partial charge in [-0.05, 0) is 67.0 Å². The fourth-order valence-corrected chi connectivity index (χ4v) is 6.69. The fourth-order valence-electron chi connectivity index (χ4n) is 5.49. The molecule has 0 saturated heterocycles. The van der Waals surface area contributed by atoms with Crippen LogP contribution in [0, 0.1) is 5.82 Å². The normalized spacial score (nSPS) is 13.5. The maximum absolute atomic E-state index is 13.7. The van der Waals surface area contributed by atoms with E-state index in [0.29, 0.717) is 19.6 Å². The van der Waals surface area contributed by atoms with Gasteiger partial charge in [0.1, 0.15) is 22.8 Å². The molecule has 210 valence electrons. The largest absolute Gasteiger partial charge is 0.343 e. The number of hydrogen-bond donors (Lipinski definition) is 1. The second-order valence-electron chi connectivity index (χ2n) is 10.3. The summed E-state index contributed by atoms with van der Waals surface area (Å²) in [5, 5.41) is 5.66. The van der Waals surface area contributed by atoms with Crippen molar-refractivity contribution < 1.29 is 9.18 Å². The maximum Gasteiger partial charge on any atom is 0.246 e. The summed E-state index contributed by atoms with van der Waals surface area (Å²) >= 11 is 1.64. The number of amides is 1. The fraction of sp³-hybridized carbons (Fsp3) is 0.281. The first-order valence-electron chi connectivity index (χ1n) is 14.1. The Morgan fingerprint density at radius 3 is 2.85 bits per heavy atom. The van der Waals surface area contributed by atoms with Crippen molar-refractivity contribution in [3.63, 3.8) is 0 Å². The molecule has 41 heavy (non-hydrogen) atoms. The third-order valence-corrected chi connectivity index (χ3v) is 8.87. The van der Waals surface area contributed by atoms with E-state index >= 15 is 0 Å². The zero-order valence-electron chi connectivity index (χ0n) is 23.3. The highest BCUT2D eigenvalue weighted by molar-refractivity contribution is 7.19. The third kappa shape index (κ3) is 5.73. The monoisotopic (exact) mass is 568 g/mol. The summed E-state index contributed by atoms with van der Waals surface area (Å²) < 4.78 is 15.8. The number of likely N-dealkylation sites (N-methyl/N-ethyl adjacent to an activating group) is 1. The number of rotatable bonds is 9. The van der Waals surface area contributed by atoms with Gasteiger partial charge in [-0.1, -0.05) is 32.1 Å². The number of nitrogens with zero attached hydrogens (tertiary/aromatic N) is 5. The molecule has 4 heterocycles. The molecule has 0 fully saturated rings. The highest BCUT2D eigenvalue weighted by atomic mass is 32.1. The second-order valence-corrected chi connectivity index (χ2v) is 11.4. The maximum atomic E-state index is 13.7. The number of benzene rings is 2. The molecule has 9 heteroatoms. The van der Waals surface area contributed by atoms with Crippen molar-refractivity contribution in [2.75, 3.05) is 31.5 Å². The van der Waals surface area contributed by atoms with Gasteiger partial charge in [-0.3, -0.25) is 4.79 Å². The summed E-state index contributed by atoms with van der Waals surface area (Å²) in [6.07, 6.45) is 8.08. The molecule has 7 nitrogen and oxygen atoms in total. The highest BCUT2D eigenvalue weighted by Crippen LogP contribution is 2.38. The van der Waals surface area contributed by atoms with E-state index in [2.05, 4.69) is 56.8 Å². The average molecular weight is 569 g/mol. The molecule has 0 saturated carbocycles. The van der Waals surface area contributed by atoms with Crippen molar-refractivity contribution in [3.8, 4) is 0 Å². The summed E-state index contributed by atoms with van der Waals surface area (Å²) in [6.45, 7) is 8.86. The molecule has 0 spiro atoms. The molecule has 1 aliphatic heterocycles. The van der Waals surface area contributed by atoms with Crippen LogP contribution in [0.4, 0.5) is 15.9 Å². The Kier molecular flexibility index (Phi) is 7.80. The number of thiophene rings is 1. The minimum absolute atomic E-state index is 0.0577. The van der Waals surface area contributed by atoms with Crippen LogP contribution < -0.4 is 5.32 Å². The third-order valence-electron chi connectivity index (χ3n) is 7.74. The van der Waals surface area contributed by atoms with Gasteiger partial charge in [0.25, 0.3) is 0 Å². The van der Waals surface area contributed by atoms with Crippen LogP contribution in [0.2, 0.25) is 0 Å². The van der Waals surface area contributed by atoms with E-state index in [0.717, 1.165) is 64.2 Å². The van der Waals surface area contributed by atoms with Crippen molar-refractivity contribution in [2.24, 2.45) is 0 Å². The molecule has 0 aliphatic carbocycles. The van der Waals surface area contributed by atoms with E-state index in [1.165, 1.54) is 16.5 Å². The molecule has 1 aliphatic rings. The molecule has 1 N–H and O–H groups in total. The topological polar surface area (TPSA) is 66.3 Å². The number of anilines is 2. The zero-order valence-corrected chi connectivity index (χ0v) is 24.1. The molecule has 3 aromatic heterocycles. The second kappa shape index (κ2) is 11.8. The van der Waals surface area contributed by atoms with Gasteiger partial charge in [0.05, 0.1) is 11.9 Å². The van der Waals surface area contributed by atoms with E-state index in [1.807, 2.05) is 29.3 Å². The van der Waals surface area contributed by atoms with Crippen LogP contribution in [-0.2, 0) is 24.3 Å². The lowest BCUT2D eigenvalue weighted by Gasteiger charge is -2.26. The van der Waals surface area contributed by atoms with E-state index in [1.54, 1.807) is 35.9 Å². The lowest BCUT2D eigenvalue weighted by atomic mass is 10.0. The van der Waals surface area contributed by atoms with Crippen LogP contribution in [0.25, 0.3) is 21.1 Å². The van der Waals surface area contributed by atoms with Gasteiger partial charge in [-0.2, -0.15) is 0 Å². The van der Waals surface area contributed by atoms with E-state index in [9.17, 15) is 9.18 Å². The smallest absolute Gasteiger partial charge is 0.246 e. The van der Waals surface area contributed by atoms with E-state index in [4.69, 9.17) is 0 Å². The standard InChI is InChI=1S/C32H33FN6OS/c1-3-37(4-2)14-6-9-29(40)39-16-13-26-28(20-39)41-32-30(26)31(34-21-35-32)36-25-10-11-27-23(18-25)12-15-38(27)19-22-7-5-8-24(33)17-22/h5-12,15,17-18,21H,3-4,13-14,16,19-20H2,1-2H3,(H,34,35,36)/b9-6+. The first-order chi connectivity index (χ1) is 20.0. The van der Waals surface area contributed by atoms with Gasteiger partial charge in [0.2, 0.25) is 5.91 Å². The van der Waals surface area contributed by atoms with E-state index in [-0.39, 0.29) is 11.7 Å². The summed E-state index contributed by atoms with van der Waals surface area (Å²) in [5.74, 6) is 0.617. The highest BCUT2D eigenvalue weighted by Gasteiger charge is 2.25. The molecular weight excluding hydrogens is 535 g/mol. The molecule has 1 amide bonds.